The quantitative estimate of drug-likeness (QED) is 0.698. The van der Waals surface area contributed by atoms with Gasteiger partial charge in [0.25, 0.3) is 0 Å². The van der Waals surface area contributed by atoms with E-state index in [0.29, 0.717) is 34.4 Å². The first-order valence-electron chi connectivity index (χ1n) is 9.47. The minimum absolute atomic E-state index is 0.0122. The third-order valence-electron chi connectivity index (χ3n) is 4.68. The van der Waals surface area contributed by atoms with E-state index in [0.717, 1.165) is 24.2 Å². The molecular formula is C20H27FN2O4S. The lowest BCUT2D eigenvalue weighted by Gasteiger charge is -2.35. The second-order valence-corrected chi connectivity index (χ2v) is 9.01. The number of fused-ring (bicyclic) bond motifs is 1. The Bertz CT molecular complexity index is 843. The van der Waals surface area contributed by atoms with Crippen molar-refractivity contribution in [2.24, 2.45) is 5.92 Å². The molecule has 1 amide bonds. The van der Waals surface area contributed by atoms with Gasteiger partial charge in [0, 0.05) is 13.0 Å². The molecule has 0 aliphatic heterocycles. The maximum absolute atomic E-state index is 14.7. The van der Waals surface area contributed by atoms with E-state index >= 15 is 0 Å². The first-order valence-corrected chi connectivity index (χ1v) is 10.3. The topological polar surface area (TPSA) is 80.7 Å². The van der Waals surface area contributed by atoms with Gasteiger partial charge in [0.05, 0.1) is 29.5 Å². The summed E-state index contributed by atoms with van der Waals surface area (Å²) in [5.74, 6) is 0.0408. The van der Waals surface area contributed by atoms with Crippen molar-refractivity contribution in [1.29, 1.82) is 0 Å². The monoisotopic (exact) mass is 410 g/mol. The smallest absolute Gasteiger partial charge is 0.217 e. The van der Waals surface area contributed by atoms with E-state index in [4.69, 9.17) is 9.47 Å². The predicted octanol–water partition coefficient (Wildman–Crippen LogP) is 3.36. The Morgan fingerprint density at radius 1 is 1.46 bits per heavy atom. The third-order valence-corrected chi connectivity index (χ3v) is 6.06. The fourth-order valence-electron chi connectivity index (χ4n) is 3.14. The van der Waals surface area contributed by atoms with Gasteiger partial charge in [-0.05, 0) is 51.7 Å². The van der Waals surface area contributed by atoms with Gasteiger partial charge in [-0.25, -0.2) is 9.37 Å². The standard InChI is InChI=1S/C20H27FN2O4S/c1-11(22-12(2)24)9-26-14-7-13(8-14)10-27-16-6-5-15-18(17(16)21)28-19(23-15)20(3,4)25/h5-6,11,13-14,25H,7-10H2,1-4H3,(H,22,24)/t11-,13-,14-/m0/s1. The molecule has 8 heteroatoms. The Balaban J connectivity index is 1.49. The van der Waals surface area contributed by atoms with Crippen molar-refractivity contribution in [3.05, 3.63) is 23.0 Å². The molecule has 2 N–H and O–H groups in total. The van der Waals surface area contributed by atoms with Crippen LogP contribution in [0, 0.1) is 11.7 Å². The lowest BCUT2D eigenvalue weighted by molar-refractivity contribution is -0.120. The van der Waals surface area contributed by atoms with Crippen molar-refractivity contribution in [1.82, 2.24) is 10.3 Å². The number of carbonyl (C=O) groups is 1. The molecule has 2 aromatic rings. The highest BCUT2D eigenvalue weighted by Crippen LogP contribution is 2.36. The van der Waals surface area contributed by atoms with E-state index in [1.165, 1.54) is 6.92 Å². The number of rotatable bonds is 8. The second-order valence-electron chi connectivity index (χ2n) is 8.01. The number of nitrogens with one attached hydrogen (secondary N) is 1. The molecule has 1 aromatic carbocycles. The maximum Gasteiger partial charge on any atom is 0.217 e. The summed E-state index contributed by atoms with van der Waals surface area (Å²) in [5.41, 5.74) is -0.576. The molecule has 1 aliphatic rings. The Kier molecular flexibility index (Phi) is 6.21. The zero-order valence-corrected chi connectivity index (χ0v) is 17.4. The molecule has 154 valence electrons. The van der Waals surface area contributed by atoms with Gasteiger partial charge >= 0.3 is 0 Å². The number of carbonyl (C=O) groups excluding carboxylic acids is 1. The highest BCUT2D eigenvalue weighted by molar-refractivity contribution is 7.18. The van der Waals surface area contributed by atoms with Crippen molar-refractivity contribution in [3.8, 4) is 5.75 Å². The van der Waals surface area contributed by atoms with Crippen LogP contribution in [0.5, 0.6) is 5.75 Å². The molecule has 1 aromatic heterocycles. The van der Waals surface area contributed by atoms with Crippen LogP contribution in [0.1, 0.15) is 45.5 Å². The van der Waals surface area contributed by atoms with Gasteiger partial charge in [0.1, 0.15) is 10.6 Å². The normalized spacial score (nSPS) is 20.6. The molecule has 1 atom stereocenters. The first-order chi connectivity index (χ1) is 13.1. The van der Waals surface area contributed by atoms with Crippen LogP contribution < -0.4 is 10.1 Å². The second kappa shape index (κ2) is 8.31. The fraction of sp³-hybridized carbons (Fsp3) is 0.600. The maximum atomic E-state index is 14.7. The van der Waals surface area contributed by atoms with Gasteiger partial charge in [0.2, 0.25) is 5.91 Å². The van der Waals surface area contributed by atoms with E-state index in [2.05, 4.69) is 10.3 Å². The van der Waals surface area contributed by atoms with Crippen molar-refractivity contribution >= 4 is 27.5 Å². The number of benzene rings is 1. The number of nitrogens with zero attached hydrogens (tertiary/aromatic N) is 1. The van der Waals surface area contributed by atoms with E-state index in [1.807, 2.05) is 6.92 Å². The van der Waals surface area contributed by atoms with Crippen LogP contribution in [0.2, 0.25) is 0 Å². The summed E-state index contributed by atoms with van der Waals surface area (Å²) in [6.07, 6.45) is 1.88. The minimum atomic E-state index is -1.10. The summed E-state index contributed by atoms with van der Waals surface area (Å²) in [4.78, 5) is 15.3. The average Bonchev–Trinajstić information content (AvgIpc) is 2.99. The average molecular weight is 411 g/mol. The van der Waals surface area contributed by atoms with Crippen LogP contribution in [0.15, 0.2) is 12.1 Å². The lowest BCUT2D eigenvalue weighted by Crippen LogP contribution is -2.40. The fourth-order valence-corrected chi connectivity index (χ4v) is 4.13. The molecule has 28 heavy (non-hydrogen) atoms. The van der Waals surface area contributed by atoms with E-state index in [1.54, 1.807) is 26.0 Å². The molecule has 1 aliphatic carbocycles. The highest BCUT2D eigenvalue weighted by Gasteiger charge is 2.31. The van der Waals surface area contributed by atoms with E-state index in [9.17, 15) is 14.3 Å². The highest BCUT2D eigenvalue weighted by atomic mass is 32.1. The SMILES string of the molecule is CC(=O)N[C@@H](C)CO[C@H]1C[C@H](COc2ccc3nc(C(C)(C)O)sc3c2F)C1. The number of ether oxygens (including phenoxy) is 2. The Morgan fingerprint density at radius 2 is 2.18 bits per heavy atom. The van der Waals surface area contributed by atoms with Crippen LogP contribution in [-0.4, -0.2) is 41.4 Å². The number of aliphatic hydroxyl groups is 1. The minimum Gasteiger partial charge on any atom is -0.490 e. The zero-order valence-electron chi connectivity index (χ0n) is 16.6. The van der Waals surface area contributed by atoms with Crippen LogP contribution in [-0.2, 0) is 15.1 Å². The van der Waals surface area contributed by atoms with Crippen LogP contribution in [0.25, 0.3) is 10.2 Å². The first kappa shape index (κ1) is 21.0. The van der Waals surface area contributed by atoms with Crippen molar-refractivity contribution < 1.29 is 23.8 Å². The van der Waals surface area contributed by atoms with Crippen molar-refractivity contribution in [2.45, 2.75) is 58.3 Å². The summed E-state index contributed by atoms with van der Waals surface area (Å²) in [6.45, 7) is 7.57. The Labute approximate surface area is 168 Å². The number of thiazole rings is 1. The van der Waals surface area contributed by atoms with Gasteiger partial charge in [-0.3, -0.25) is 4.79 Å². The summed E-state index contributed by atoms with van der Waals surface area (Å²) in [5, 5.41) is 13.3. The molecule has 0 radical (unpaired) electrons. The van der Waals surface area contributed by atoms with Gasteiger partial charge in [-0.2, -0.15) is 0 Å². The lowest BCUT2D eigenvalue weighted by atomic mass is 9.83. The summed E-state index contributed by atoms with van der Waals surface area (Å²) in [7, 11) is 0. The molecule has 6 nitrogen and oxygen atoms in total. The molecule has 1 heterocycles. The predicted molar refractivity (Wildman–Crippen MR) is 106 cm³/mol. The van der Waals surface area contributed by atoms with Gasteiger partial charge in [-0.1, -0.05) is 0 Å². The Morgan fingerprint density at radius 3 is 2.82 bits per heavy atom. The molecular weight excluding hydrogens is 383 g/mol. The molecule has 0 saturated heterocycles. The van der Waals surface area contributed by atoms with Gasteiger partial charge in [-0.15, -0.1) is 11.3 Å². The largest absolute Gasteiger partial charge is 0.490 e. The van der Waals surface area contributed by atoms with Crippen LogP contribution in [0.3, 0.4) is 0 Å². The number of hydrogen-bond acceptors (Lipinski definition) is 6. The van der Waals surface area contributed by atoms with Crippen molar-refractivity contribution in [2.75, 3.05) is 13.2 Å². The van der Waals surface area contributed by atoms with Gasteiger partial charge < -0.3 is 19.9 Å². The summed E-state index contributed by atoms with van der Waals surface area (Å²) in [6, 6.07) is 3.30. The third kappa shape index (κ3) is 4.98. The van der Waals surface area contributed by atoms with Crippen molar-refractivity contribution in [3.63, 3.8) is 0 Å². The van der Waals surface area contributed by atoms with Crippen LogP contribution in [0.4, 0.5) is 4.39 Å². The number of aromatic nitrogens is 1. The summed E-state index contributed by atoms with van der Waals surface area (Å²) < 4.78 is 26.6. The number of amides is 1. The zero-order chi connectivity index (χ0) is 20.5. The number of halogens is 1. The molecule has 0 spiro atoms. The van der Waals surface area contributed by atoms with Crippen LogP contribution >= 0.6 is 11.3 Å². The van der Waals surface area contributed by atoms with E-state index < -0.39 is 11.4 Å². The molecule has 0 unspecified atom stereocenters. The molecule has 3 rings (SSSR count). The molecule has 1 fully saturated rings. The summed E-state index contributed by atoms with van der Waals surface area (Å²) >= 11 is 1.15. The number of hydrogen-bond donors (Lipinski definition) is 2. The van der Waals surface area contributed by atoms with Gasteiger partial charge in [0.15, 0.2) is 11.6 Å². The molecule has 0 bridgehead atoms. The van der Waals surface area contributed by atoms with E-state index in [-0.39, 0.29) is 23.8 Å². The Hall–Kier alpha value is -1.77. The molecule has 1 saturated carbocycles.